The summed E-state index contributed by atoms with van der Waals surface area (Å²) in [5.41, 5.74) is 7.31. The smallest absolute Gasteiger partial charge is 0.240 e. The largest absolute Gasteiger partial charge is 0.327 e. The standard InChI is InChI=1S/C15H27N3O/c1-3-12-10-18(9-8-14(12)16)11-15(19)17(2)13-6-4-5-7-13/h6,12,14H,3-5,7-11,16H2,1-2H3. The molecule has 1 fully saturated rings. The van der Waals surface area contributed by atoms with E-state index in [2.05, 4.69) is 17.9 Å². The van der Waals surface area contributed by atoms with Crippen molar-refractivity contribution >= 4 is 5.91 Å². The number of hydrogen-bond donors (Lipinski definition) is 1. The third-order valence-corrected chi connectivity index (χ3v) is 4.58. The number of nitrogens with two attached hydrogens (primary N) is 1. The Kier molecular flexibility index (Phi) is 4.99. The number of nitrogens with zero attached hydrogens (tertiary/aromatic N) is 2. The van der Waals surface area contributed by atoms with Crippen molar-refractivity contribution in [3.63, 3.8) is 0 Å². The Morgan fingerprint density at radius 2 is 2.37 bits per heavy atom. The van der Waals surface area contributed by atoms with Crippen molar-refractivity contribution < 1.29 is 4.79 Å². The summed E-state index contributed by atoms with van der Waals surface area (Å²) in [5.74, 6) is 0.760. The molecule has 4 heteroatoms. The lowest BCUT2D eigenvalue weighted by molar-refractivity contribution is -0.130. The number of carbonyl (C=O) groups is 1. The van der Waals surface area contributed by atoms with Gasteiger partial charge in [0.05, 0.1) is 6.54 Å². The molecule has 19 heavy (non-hydrogen) atoms. The zero-order valence-electron chi connectivity index (χ0n) is 12.3. The highest BCUT2D eigenvalue weighted by molar-refractivity contribution is 5.79. The van der Waals surface area contributed by atoms with E-state index in [1.807, 2.05) is 11.9 Å². The third kappa shape index (κ3) is 3.57. The lowest BCUT2D eigenvalue weighted by Crippen LogP contribution is -2.49. The molecule has 0 aromatic rings. The lowest BCUT2D eigenvalue weighted by Gasteiger charge is -2.36. The molecule has 1 aliphatic heterocycles. The number of piperidine rings is 1. The molecule has 0 aromatic heterocycles. The third-order valence-electron chi connectivity index (χ3n) is 4.58. The molecule has 1 aliphatic carbocycles. The maximum atomic E-state index is 12.3. The SMILES string of the molecule is CCC1CN(CC(=O)N(C)C2=CCCC2)CCC1N. The predicted octanol–water partition coefficient (Wildman–Crippen LogP) is 1.57. The number of likely N-dealkylation sites (N-methyl/N-ethyl adjacent to an activating group) is 1. The quantitative estimate of drug-likeness (QED) is 0.839. The Morgan fingerprint density at radius 3 is 3.00 bits per heavy atom. The molecule has 0 radical (unpaired) electrons. The number of carbonyl (C=O) groups excluding carboxylic acids is 1. The van der Waals surface area contributed by atoms with Crippen molar-refractivity contribution in [3.05, 3.63) is 11.8 Å². The average molecular weight is 265 g/mol. The fourth-order valence-corrected chi connectivity index (χ4v) is 3.12. The van der Waals surface area contributed by atoms with Crippen LogP contribution in [0.4, 0.5) is 0 Å². The Hall–Kier alpha value is -0.870. The Balaban J connectivity index is 1.85. The van der Waals surface area contributed by atoms with Crippen LogP contribution >= 0.6 is 0 Å². The normalized spacial score (nSPS) is 28.3. The second kappa shape index (κ2) is 6.53. The molecule has 0 aromatic carbocycles. The molecule has 2 atom stereocenters. The summed E-state index contributed by atoms with van der Waals surface area (Å²) in [4.78, 5) is 16.4. The van der Waals surface area contributed by atoms with Gasteiger partial charge in [-0.25, -0.2) is 0 Å². The minimum atomic E-state index is 0.221. The summed E-state index contributed by atoms with van der Waals surface area (Å²) in [7, 11) is 1.91. The van der Waals surface area contributed by atoms with Gasteiger partial charge < -0.3 is 10.6 Å². The molecule has 2 unspecified atom stereocenters. The predicted molar refractivity (Wildman–Crippen MR) is 77.5 cm³/mol. The molecule has 0 spiro atoms. The van der Waals surface area contributed by atoms with Gasteiger partial charge in [-0.3, -0.25) is 9.69 Å². The molecule has 2 rings (SSSR count). The van der Waals surface area contributed by atoms with Gasteiger partial charge in [0.25, 0.3) is 0 Å². The highest BCUT2D eigenvalue weighted by Crippen LogP contribution is 2.22. The summed E-state index contributed by atoms with van der Waals surface area (Å²) in [6.45, 7) is 4.65. The monoisotopic (exact) mass is 265 g/mol. The Morgan fingerprint density at radius 1 is 1.58 bits per heavy atom. The van der Waals surface area contributed by atoms with Crippen LogP contribution in [0.2, 0.25) is 0 Å². The average Bonchev–Trinajstić information content (AvgIpc) is 2.94. The van der Waals surface area contributed by atoms with Crippen molar-refractivity contribution in [1.29, 1.82) is 0 Å². The van der Waals surface area contributed by atoms with Gasteiger partial charge in [-0.15, -0.1) is 0 Å². The fraction of sp³-hybridized carbons (Fsp3) is 0.800. The van der Waals surface area contributed by atoms with Crippen molar-refractivity contribution in [1.82, 2.24) is 9.80 Å². The van der Waals surface area contributed by atoms with E-state index in [1.165, 1.54) is 12.1 Å². The Bertz CT molecular complexity index is 353. The Labute approximate surface area is 116 Å². The molecule has 108 valence electrons. The van der Waals surface area contributed by atoms with E-state index in [0.717, 1.165) is 38.8 Å². The van der Waals surface area contributed by atoms with Gasteiger partial charge in [-0.05, 0) is 31.6 Å². The van der Waals surface area contributed by atoms with Gasteiger partial charge in [-0.2, -0.15) is 0 Å². The van der Waals surface area contributed by atoms with Crippen LogP contribution in [0.3, 0.4) is 0 Å². The van der Waals surface area contributed by atoms with E-state index >= 15 is 0 Å². The number of rotatable bonds is 4. The van der Waals surface area contributed by atoms with Crippen LogP contribution in [0.1, 0.15) is 39.0 Å². The highest BCUT2D eigenvalue weighted by Gasteiger charge is 2.27. The molecule has 2 aliphatic rings. The highest BCUT2D eigenvalue weighted by atomic mass is 16.2. The maximum absolute atomic E-state index is 12.3. The van der Waals surface area contributed by atoms with Crippen LogP contribution in [0.5, 0.6) is 0 Å². The van der Waals surface area contributed by atoms with E-state index < -0.39 is 0 Å². The van der Waals surface area contributed by atoms with Crippen LogP contribution in [-0.4, -0.2) is 48.4 Å². The fourth-order valence-electron chi connectivity index (χ4n) is 3.12. The van der Waals surface area contributed by atoms with E-state index in [-0.39, 0.29) is 5.91 Å². The molecule has 0 bridgehead atoms. The number of allylic oxidation sites excluding steroid dienone is 2. The van der Waals surface area contributed by atoms with E-state index in [1.54, 1.807) is 0 Å². The summed E-state index contributed by atoms with van der Waals surface area (Å²) in [5, 5.41) is 0. The number of amides is 1. The van der Waals surface area contributed by atoms with Gasteiger partial charge in [0, 0.05) is 31.9 Å². The minimum Gasteiger partial charge on any atom is -0.327 e. The van der Waals surface area contributed by atoms with Gasteiger partial charge in [0.15, 0.2) is 0 Å². The molecule has 1 amide bonds. The van der Waals surface area contributed by atoms with Crippen molar-refractivity contribution in [2.45, 2.75) is 45.1 Å². The van der Waals surface area contributed by atoms with Crippen LogP contribution in [0.25, 0.3) is 0 Å². The van der Waals surface area contributed by atoms with Gasteiger partial charge in [0.2, 0.25) is 5.91 Å². The first-order chi connectivity index (χ1) is 9.11. The first-order valence-electron chi connectivity index (χ1n) is 7.55. The molecule has 4 nitrogen and oxygen atoms in total. The van der Waals surface area contributed by atoms with Crippen molar-refractivity contribution in [2.75, 3.05) is 26.7 Å². The van der Waals surface area contributed by atoms with Crippen LogP contribution in [-0.2, 0) is 4.79 Å². The zero-order valence-corrected chi connectivity index (χ0v) is 12.3. The maximum Gasteiger partial charge on any atom is 0.240 e. The van der Waals surface area contributed by atoms with E-state index in [0.29, 0.717) is 18.5 Å². The number of hydrogen-bond acceptors (Lipinski definition) is 3. The van der Waals surface area contributed by atoms with Crippen LogP contribution in [0.15, 0.2) is 11.8 Å². The topological polar surface area (TPSA) is 49.6 Å². The lowest BCUT2D eigenvalue weighted by atomic mass is 9.91. The molecule has 1 saturated heterocycles. The molecule has 0 saturated carbocycles. The summed E-state index contributed by atoms with van der Waals surface area (Å²) >= 11 is 0. The molecule has 1 heterocycles. The van der Waals surface area contributed by atoms with Gasteiger partial charge >= 0.3 is 0 Å². The van der Waals surface area contributed by atoms with Crippen LogP contribution < -0.4 is 5.73 Å². The van der Waals surface area contributed by atoms with Crippen LogP contribution in [0, 0.1) is 5.92 Å². The molecular formula is C15H27N3O. The summed E-state index contributed by atoms with van der Waals surface area (Å²) < 4.78 is 0. The summed E-state index contributed by atoms with van der Waals surface area (Å²) in [6, 6.07) is 0.312. The first kappa shape index (κ1) is 14.5. The van der Waals surface area contributed by atoms with Gasteiger partial charge in [-0.1, -0.05) is 19.4 Å². The number of likely N-dealkylation sites (tertiary alicyclic amines) is 1. The van der Waals surface area contributed by atoms with Crippen molar-refractivity contribution in [3.8, 4) is 0 Å². The van der Waals surface area contributed by atoms with E-state index in [4.69, 9.17) is 5.73 Å². The molecular weight excluding hydrogens is 238 g/mol. The zero-order chi connectivity index (χ0) is 13.8. The van der Waals surface area contributed by atoms with E-state index in [9.17, 15) is 4.79 Å². The first-order valence-corrected chi connectivity index (χ1v) is 7.55. The summed E-state index contributed by atoms with van der Waals surface area (Å²) in [6.07, 6.45) is 7.65. The second-order valence-electron chi connectivity index (χ2n) is 5.90. The molecule has 2 N–H and O–H groups in total. The second-order valence-corrected chi connectivity index (χ2v) is 5.90. The van der Waals surface area contributed by atoms with Gasteiger partial charge in [0.1, 0.15) is 0 Å². The van der Waals surface area contributed by atoms with Crippen molar-refractivity contribution in [2.24, 2.45) is 11.7 Å². The minimum absolute atomic E-state index is 0.221.